The van der Waals surface area contributed by atoms with Crippen LogP contribution in [0.25, 0.3) is 0 Å². The summed E-state index contributed by atoms with van der Waals surface area (Å²) in [5, 5.41) is 2.68. The lowest BCUT2D eigenvalue weighted by atomic mass is 10.1. The largest absolute Gasteiger partial charge is 0.486 e. The van der Waals surface area contributed by atoms with Crippen LogP contribution in [0, 0.1) is 6.92 Å². The quantitative estimate of drug-likeness (QED) is 0.843. The van der Waals surface area contributed by atoms with Gasteiger partial charge in [0.05, 0.1) is 12.1 Å². The smallest absolute Gasteiger partial charge is 0.338 e. The molecule has 0 unspecified atom stereocenters. The van der Waals surface area contributed by atoms with Gasteiger partial charge in [-0.05, 0) is 31.2 Å². The maximum Gasteiger partial charge on any atom is 0.338 e. The molecule has 1 N–H and O–H groups in total. The Hall–Kier alpha value is -3.02. The Morgan fingerprint density at radius 3 is 2.76 bits per heavy atom. The van der Waals surface area contributed by atoms with Crippen molar-refractivity contribution in [1.29, 1.82) is 0 Å². The van der Waals surface area contributed by atoms with Crippen molar-refractivity contribution in [1.82, 2.24) is 5.32 Å². The predicted molar refractivity (Wildman–Crippen MR) is 90.8 cm³/mol. The van der Waals surface area contributed by atoms with E-state index in [0.29, 0.717) is 23.7 Å². The van der Waals surface area contributed by atoms with Crippen LogP contribution in [0.15, 0.2) is 48.5 Å². The monoisotopic (exact) mass is 341 g/mol. The number of rotatable bonds is 5. The lowest BCUT2D eigenvalue weighted by Crippen LogP contribution is -2.42. The van der Waals surface area contributed by atoms with E-state index in [-0.39, 0.29) is 25.2 Å². The van der Waals surface area contributed by atoms with Gasteiger partial charge in [0.25, 0.3) is 5.91 Å². The molecular formula is C19H19NO5. The van der Waals surface area contributed by atoms with E-state index in [0.717, 1.165) is 5.56 Å². The second kappa shape index (κ2) is 7.70. The molecule has 0 aliphatic carbocycles. The molecule has 0 fully saturated rings. The zero-order valence-corrected chi connectivity index (χ0v) is 13.9. The van der Waals surface area contributed by atoms with Crippen LogP contribution in [0.4, 0.5) is 0 Å². The molecule has 6 nitrogen and oxygen atoms in total. The molecule has 6 heteroatoms. The van der Waals surface area contributed by atoms with E-state index < -0.39 is 5.97 Å². The molecule has 0 bridgehead atoms. The molecule has 0 saturated carbocycles. The average Bonchev–Trinajstić information content (AvgIpc) is 2.64. The van der Waals surface area contributed by atoms with Gasteiger partial charge in [-0.15, -0.1) is 0 Å². The number of hydrogen-bond acceptors (Lipinski definition) is 5. The third kappa shape index (κ3) is 4.50. The predicted octanol–water partition coefficient (Wildman–Crippen LogP) is 2.11. The van der Waals surface area contributed by atoms with Crippen LogP contribution in [-0.2, 0) is 9.53 Å². The third-order valence-electron chi connectivity index (χ3n) is 3.68. The average molecular weight is 341 g/mol. The Kier molecular flexibility index (Phi) is 5.18. The Morgan fingerprint density at radius 2 is 1.96 bits per heavy atom. The van der Waals surface area contributed by atoms with Gasteiger partial charge in [-0.2, -0.15) is 0 Å². The number of ether oxygens (including phenoxy) is 3. The minimum atomic E-state index is -0.523. The molecule has 2 aromatic rings. The molecule has 0 aromatic heterocycles. The summed E-state index contributed by atoms with van der Waals surface area (Å²) < 4.78 is 16.3. The summed E-state index contributed by atoms with van der Waals surface area (Å²) in [5.41, 5.74) is 1.38. The number of carbonyl (C=O) groups excluding carboxylic acids is 2. The number of benzene rings is 2. The SMILES string of the molecule is Cc1cccc(C(=O)OCC(=O)NC[C@@H]2COc3ccccc3O2)c1. The van der Waals surface area contributed by atoms with E-state index >= 15 is 0 Å². The lowest BCUT2D eigenvalue weighted by molar-refractivity contribution is -0.124. The molecule has 1 aliphatic rings. The summed E-state index contributed by atoms with van der Waals surface area (Å²) in [7, 11) is 0. The first kappa shape index (κ1) is 16.8. The van der Waals surface area contributed by atoms with Crippen LogP contribution in [0.3, 0.4) is 0 Å². The van der Waals surface area contributed by atoms with Crippen LogP contribution in [0.2, 0.25) is 0 Å². The summed E-state index contributed by atoms with van der Waals surface area (Å²) in [4.78, 5) is 23.7. The van der Waals surface area contributed by atoms with Crippen molar-refractivity contribution in [3.8, 4) is 11.5 Å². The van der Waals surface area contributed by atoms with Gasteiger partial charge >= 0.3 is 5.97 Å². The van der Waals surface area contributed by atoms with E-state index in [1.54, 1.807) is 18.2 Å². The second-order valence-corrected chi connectivity index (χ2v) is 5.75. The van der Waals surface area contributed by atoms with Crippen molar-refractivity contribution in [2.45, 2.75) is 13.0 Å². The Balaban J connectivity index is 1.42. The van der Waals surface area contributed by atoms with Crippen LogP contribution in [0.5, 0.6) is 11.5 Å². The van der Waals surface area contributed by atoms with Crippen LogP contribution in [0.1, 0.15) is 15.9 Å². The summed E-state index contributed by atoms with van der Waals surface area (Å²) in [6.07, 6.45) is -0.286. The van der Waals surface area contributed by atoms with Gasteiger partial charge in [-0.25, -0.2) is 4.79 Å². The van der Waals surface area contributed by atoms with Gasteiger partial charge in [-0.3, -0.25) is 4.79 Å². The normalized spacial score (nSPS) is 15.3. The molecule has 1 atom stereocenters. The van der Waals surface area contributed by atoms with Crippen LogP contribution in [-0.4, -0.2) is 37.7 Å². The molecular weight excluding hydrogens is 322 g/mol. The fourth-order valence-electron chi connectivity index (χ4n) is 2.43. The maximum absolute atomic E-state index is 11.9. The van der Waals surface area contributed by atoms with Gasteiger partial charge < -0.3 is 19.5 Å². The van der Waals surface area contributed by atoms with Crippen molar-refractivity contribution in [3.63, 3.8) is 0 Å². The number of aryl methyl sites for hydroxylation is 1. The first-order valence-corrected chi connectivity index (χ1v) is 8.01. The van der Waals surface area contributed by atoms with Gasteiger partial charge in [0.2, 0.25) is 0 Å². The maximum atomic E-state index is 11.9. The van der Waals surface area contributed by atoms with E-state index in [9.17, 15) is 9.59 Å². The molecule has 25 heavy (non-hydrogen) atoms. The van der Waals surface area contributed by atoms with Crippen molar-refractivity contribution in [2.75, 3.05) is 19.8 Å². The fourth-order valence-corrected chi connectivity index (χ4v) is 2.43. The van der Waals surface area contributed by atoms with Crippen molar-refractivity contribution >= 4 is 11.9 Å². The fraction of sp³-hybridized carbons (Fsp3) is 0.263. The number of para-hydroxylation sites is 2. The Morgan fingerprint density at radius 1 is 1.16 bits per heavy atom. The molecule has 0 radical (unpaired) electrons. The number of fused-ring (bicyclic) bond motifs is 1. The summed E-state index contributed by atoms with van der Waals surface area (Å²) in [6.45, 7) is 2.17. The first-order chi connectivity index (χ1) is 12.1. The van der Waals surface area contributed by atoms with Gasteiger partial charge in [0.15, 0.2) is 18.1 Å². The topological polar surface area (TPSA) is 73.9 Å². The Labute approximate surface area is 145 Å². The highest BCUT2D eigenvalue weighted by Crippen LogP contribution is 2.30. The first-order valence-electron chi connectivity index (χ1n) is 8.01. The second-order valence-electron chi connectivity index (χ2n) is 5.75. The van der Waals surface area contributed by atoms with E-state index in [1.165, 1.54) is 0 Å². The number of hydrogen-bond donors (Lipinski definition) is 1. The number of esters is 1. The zero-order chi connectivity index (χ0) is 17.6. The van der Waals surface area contributed by atoms with Gasteiger partial charge in [-0.1, -0.05) is 29.8 Å². The van der Waals surface area contributed by atoms with Crippen LogP contribution >= 0.6 is 0 Å². The van der Waals surface area contributed by atoms with Crippen molar-refractivity contribution < 1.29 is 23.8 Å². The Bertz CT molecular complexity index is 774. The number of amides is 1. The lowest BCUT2D eigenvalue weighted by Gasteiger charge is -2.26. The molecule has 1 amide bonds. The van der Waals surface area contributed by atoms with E-state index in [2.05, 4.69) is 5.32 Å². The minimum Gasteiger partial charge on any atom is -0.486 e. The van der Waals surface area contributed by atoms with Crippen molar-refractivity contribution in [2.24, 2.45) is 0 Å². The minimum absolute atomic E-state index is 0.273. The summed E-state index contributed by atoms with van der Waals surface area (Å²) >= 11 is 0. The molecule has 0 saturated heterocycles. The van der Waals surface area contributed by atoms with E-state index in [1.807, 2.05) is 37.3 Å². The highest BCUT2D eigenvalue weighted by atomic mass is 16.6. The van der Waals surface area contributed by atoms with Crippen LogP contribution < -0.4 is 14.8 Å². The molecule has 2 aromatic carbocycles. The van der Waals surface area contributed by atoms with Crippen molar-refractivity contribution in [3.05, 3.63) is 59.7 Å². The highest BCUT2D eigenvalue weighted by Gasteiger charge is 2.21. The standard InChI is InChI=1S/C19H19NO5/c1-13-5-4-6-14(9-13)19(22)24-12-18(21)20-10-15-11-23-16-7-2-3-8-17(16)25-15/h2-9,15H,10-12H2,1H3,(H,20,21)/t15-/m1/s1. The summed E-state index contributed by atoms with van der Waals surface area (Å²) in [6, 6.07) is 14.4. The summed E-state index contributed by atoms with van der Waals surface area (Å²) in [5.74, 6) is 0.435. The number of carbonyl (C=O) groups is 2. The van der Waals surface area contributed by atoms with E-state index in [4.69, 9.17) is 14.2 Å². The molecule has 1 aliphatic heterocycles. The molecule has 1 heterocycles. The van der Waals surface area contributed by atoms with Gasteiger partial charge in [0.1, 0.15) is 12.7 Å². The van der Waals surface area contributed by atoms with Gasteiger partial charge in [0, 0.05) is 0 Å². The zero-order valence-electron chi connectivity index (χ0n) is 13.9. The third-order valence-corrected chi connectivity index (χ3v) is 3.68. The molecule has 130 valence electrons. The molecule has 3 rings (SSSR count). The number of nitrogens with one attached hydrogen (secondary N) is 1. The molecule has 0 spiro atoms. The highest BCUT2D eigenvalue weighted by molar-refractivity contribution is 5.91.